The van der Waals surface area contributed by atoms with Crippen molar-refractivity contribution in [3.05, 3.63) is 91.5 Å². The number of nitrogens with one attached hydrogen (secondary N) is 1. The van der Waals surface area contributed by atoms with Crippen molar-refractivity contribution in [1.29, 1.82) is 0 Å². The number of ether oxygens (including phenoxy) is 3. The zero-order valence-electron chi connectivity index (χ0n) is 22.2. The van der Waals surface area contributed by atoms with E-state index in [0.717, 1.165) is 4.90 Å². The monoisotopic (exact) mass is 676 g/mol. The van der Waals surface area contributed by atoms with E-state index in [1.165, 1.54) is 37.5 Å². The molecule has 218 valence electrons. The largest absolute Gasteiger partial charge is 0.490 e. The van der Waals surface area contributed by atoms with Gasteiger partial charge in [0.15, 0.2) is 11.5 Å². The van der Waals surface area contributed by atoms with Gasteiger partial charge in [-0.1, -0.05) is 29.8 Å². The van der Waals surface area contributed by atoms with E-state index in [1.54, 1.807) is 37.3 Å². The molecular formula is C29H23BrClFN2O7S. The molecule has 1 fully saturated rings. The van der Waals surface area contributed by atoms with E-state index in [1.807, 2.05) is 0 Å². The molecule has 1 aliphatic rings. The number of rotatable bonds is 10. The minimum absolute atomic E-state index is 0.0360. The van der Waals surface area contributed by atoms with Gasteiger partial charge in [0.1, 0.15) is 19.0 Å². The van der Waals surface area contributed by atoms with Gasteiger partial charge < -0.3 is 19.5 Å². The van der Waals surface area contributed by atoms with Crippen molar-refractivity contribution in [2.24, 2.45) is 0 Å². The summed E-state index contributed by atoms with van der Waals surface area (Å²) >= 11 is 10.1. The maximum absolute atomic E-state index is 14.1. The van der Waals surface area contributed by atoms with Crippen molar-refractivity contribution in [1.82, 2.24) is 4.90 Å². The first kappa shape index (κ1) is 31.1. The van der Waals surface area contributed by atoms with Crippen LogP contribution in [-0.2, 0) is 20.9 Å². The van der Waals surface area contributed by atoms with Gasteiger partial charge in [0, 0.05) is 11.3 Å². The molecule has 3 aromatic rings. The van der Waals surface area contributed by atoms with E-state index < -0.39 is 35.4 Å². The van der Waals surface area contributed by atoms with Crippen LogP contribution in [0, 0.1) is 5.82 Å². The zero-order valence-corrected chi connectivity index (χ0v) is 25.4. The number of benzene rings is 3. The fourth-order valence-corrected chi connectivity index (χ4v) is 5.45. The summed E-state index contributed by atoms with van der Waals surface area (Å²) in [6.07, 6.45) is 1.50. The summed E-state index contributed by atoms with van der Waals surface area (Å²) in [5, 5.41) is 2.06. The Bertz CT molecular complexity index is 1600. The molecule has 1 N–H and O–H groups in total. The fraction of sp³-hybridized carbons (Fsp3) is 0.172. The van der Waals surface area contributed by atoms with Crippen LogP contribution < -0.4 is 14.8 Å². The van der Waals surface area contributed by atoms with Gasteiger partial charge in [-0.25, -0.2) is 9.18 Å². The number of imide groups is 1. The van der Waals surface area contributed by atoms with Crippen LogP contribution in [0.1, 0.15) is 28.4 Å². The molecule has 3 aromatic carbocycles. The lowest BCUT2D eigenvalue weighted by Gasteiger charge is -2.15. The van der Waals surface area contributed by atoms with E-state index in [4.69, 9.17) is 21.1 Å². The van der Waals surface area contributed by atoms with Crippen LogP contribution in [0.3, 0.4) is 0 Å². The third kappa shape index (κ3) is 7.30. The van der Waals surface area contributed by atoms with E-state index >= 15 is 0 Å². The molecular weight excluding hydrogens is 655 g/mol. The van der Waals surface area contributed by atoms with E-state index in [2.05, 4.69) is 26.0 Å². The number of carbonyl (C=O) groups excluding carboxylic acids is 4. The number of esters is 1. The predicted octanol–water partition coefficient (Wildman–Crippen LogP) is 6.68. The molecule has 4 rings (SSSR count). The van der Waals surface area contributed by atoms with Crippen LogP contribution in [0.4, 0.5) is 14.9 Å². The fourth-order valence-electron chi connectivity index (χ4n) is 3.84. The summed E-state index contributed by atoms with van der Waals surface area (Å²) < 4.78 is 30.8. The second-order valence-electron chi connectivity index (χ2n) is 8.65. The van der Waals surface area contributed by atoms with Crippen LogP contribution >= 0.6 is 39.3 Å². The molecule has 0 saturated carbocycles. The number of carbonyl (C=O) groups is 4. The average Bonchev–Trinajstić information content (AvgIpc) is 3.21. The van der Waals surface area contributed by atoms with Crippen molar-refractivity contribution < 1.29 is 37.8 Å². The maximum Gasteiger partial charge on any atom is 0.339 e. The predicted molar refractivity (Wildman–Crippen MR) is 160 cm³/mol. The first-order valence-electron chi connectivity index (χ1n) is 12.4. The Morgan fingerprint density at radius 3 is 2.60 bits per heavy atom. The Balaban J connectivity index is 1.48. The maximum atomic E-state index is 14.1. The summed E-state index contributed by atoms with van der Waals surface area (Å²) in [5.74, 6) is -1.69. The molecule has 1 aliphatic heterocycles. The highest BCUT2D eigenvalue weighted by Crippen LogP contribution is 2.40. The summed E-state index contributed by atoms with van der Waals surface area (Å²) in [6.45, 7) is 1.52. The number of amides is 3. The Hall–Kier alpha value is -3.87. The van der Waals surface area contributed by atoms with Crippen LogP contribution in [0.2, 0.25) is 5.02 Å². The summed E-state index contributed by atoms with van der Waals surface area (Å²) in [6, 6.07) is 13.8. The highest BCUT2D eigenvalue weighted by atomic mass is 79.9. The number of methoxy groups -OCH3 is 1. The lowest BCUT2D eigenvalue weighted by atomic mass is 10.1. The van der Waals surface area contributed by atoms with Gasteiger partial charge in [-0.05, 0) is 82.7 Å². The molecule has 1 saturated heterocycles. The lowest BCUT2D eigenvalue weighted by Crippen LogP contribution is -2.36. The topological polar surface area (TPSA) is 111 Å². The van der Waals surface area contributed by atoms with Gasteiger partial charge >= 0.3 is 5.97 Å². The van der Waals surface area contributed by atoms with Gasteiger partial charge in [-0.15, -0.1) is 0 Å². The molecule has 42 heavy (non-hydrogen) atoms. The smallest absolute Gasteiger partial charge is 0.339 e. The minimum atomic E-state index is -0.684. The van der Waals surface area contributed by atoms with Crippen molar-refractivity contribution >= 4 is 74.1 Å². The molecule has 0 aromatic heterocycles. The second kappa shape index (κ2) is 13.9. The van der Waals surface area contributed by atoms with Crippen LogP contribution in [0.5, 0.6) is 11.5 Å². The van der Waals surface area contributed by atoms with E-state index in [9.17, 15) is 23.6 Å². The first-order chi connectivity index (χ1) is 20.1. The quantitative estimate of drug-likeness (QED) is 0.187. The average molecular weight is 678 g/mol. The summed E-state index contributed by atoms with van der Waals surface area (Å²) in [7, 11) is 1.20. The molecule has 0 spiro atoms. The highest BCUT2D eigenvalue weighted by Gasteiger charge is 2.36. The molecule has 0 unspecified atom stereocenters. The Labute approximate surface area is 258 Å². The lowest BCUT2D eigenvalue weighted by molar-refractivity contribution is -0.127. The summed E-state index contributed by atoms with van der Waals surface area (Å²) in [4.78, 5) is 51.1. The van der Waals surface area contributed by atoms with Gasteiger partial charge in [-0.3, -0.25) is 19.3 Å². The Morgan fingerprint density at radius 1 is 1.12 bits per heavy atom. The van der Waals surface area contributed by atoms with Gasteiger partial charge in [0.25, 0.3) is 11.1 Å². The number of halogens is 3. The normalized spacial score (nSPS) is 13.8. The number of anilines is 1. The number of nitrogens with zero attached hydrogens (tertiary/aromatic N) is 1. The van der Waals surface area contributed by atoms with Crippen molar-refractivity contribution in [2.45, 2.75) is 13.5 Å². The molecule has 0 bridgehead atoms. The number of thioether (sulfide) groups is 1. The molecule has 0 atom stereocenters. The van der Waals surface area contributed by atoms with Crippen molar-refractivity contribution in [3.8, 4) is 11.5 Å². The highest BCUT2D eigenvalue weighted by molar-refractivity contribution is 9.10. The van der Waals surface area contributed by atoms with Gasteiger partial charge in [0.2, 0.25) is 5.91 Å². The molecule has 9 nitrogen and oxygen atoms in total. The SMILES string of the molecule is CCOc1cc(/C=C2\SC(=O)N(CC(=O)Nc3ccc(Cl)c(C(=O)OC)c3)C2=O)cc(Br)c1OCc1ccccc1F. The molecule has 0 aliphatic carbocycles. The van der Waals surface area contributed by atoms with Gasteiger partial charge in [0.05, 0.1) is 33.7 Å². The minimum Gasteiger partial charge on any atom is -0.490 e. The Morgan fingerprint density at radius 2 is 1.88 bits per heavy atom. The summed E-state index contributed by atoms with van der Waals surface area (Å²) in [5.41, 5.74) is 1.17. The second-order valence-corrected chi connectivity index (χ2v) is 10.9. The molecule has 0 radical (unpaired) electrons. The molecule has 13 heteroatoms. The van der Waals surface area contributed by atoms with Crippen molar-refractivity contribution in [2.75, 3.05) is 25.6 Å². The van der Waals surface area contributed by atoms with Crippen LogP contribution in [0.25, 0.3) is 6.08 Å². The Kier molecular flexibility index (Phi) is 10.3. The van der Waals surface area contributed by atoms with Crippen molar-refractivity contribution in [3.63, 3.8) is 0 Å². The van der Waals surface area contributed by atoms with Gasteiger partial charge in [-0.2, -0.15) is 0 Å². The standard InChI is InChI=1S/C29H23BrClFN2O7S/c1-3-40-23-11-16(10-20(30)26(23)41-15-17-6-4-5-7-22(17)32)12-24-27(36)34(29(38)42-24)14-25(35)33-18-8-9-21(31)19(13-18)28(37)39-2/h4-13H,3,14-15H2,1-2H3,(H,33,35)/b24-12-. The number of hydrogen-bond acceptors (Lipinski definition) is 8. The third-order valence-electron chi connectivity index (χ3n) is 5.79. The first-order valence-corrected chi connectivity index (χ1v) is 14.4. The van der Waals surface area contributed by atoms with Crippen LogP contribution in [0.15, 0.2) is 64.0 Å². The number of hydrogen-bond donors (Lipinski definition) is 1. The molecule has 3 amide bonds. The van der Waals surface area contributed by atoms with Crippen LogP contribution in [-0.4, -0.2) is 48.2 Å². The molecule has 1 heterocycles. The van der Waals surface area contributed by atoms with E-state index in [0.29, 0.717) is 45.5 Å². The van der Waals surface area contributed by atoms with E-state index in [-0.39, 0.29) is 27.8 Å². The zero-order chi connectivity index (χ0) is 30.4. The third-order valence-corrected chi connectivity index (χ3v) is 7.62.